The lowest BCUT2D eigenvalue weighted by Gasteiger charge is -2.32. The van der Waals surface area contributed by atoms with E-state index in [0.717, 1.165) is 30.4 Å². The highest BCUT2D eigenvalue weighted by molar-refractivity contribution is 5.48. The van der Waals surface area contributed by atoms with E-state index in [4.69, 9.17) is 0 Å². The van der Waals surface area contributed by atoms with Crippen LogP contribution in [0.4, 0.5) is 11.6 Å². The van der Waals surface area contributed by atoms with Crippen molar-refractivity contribution in [2.45, 2.75) is 58.0 Å². The monoisotopic (exact) mass is 289 g/mol. The van der Waals surface area contributed by atoms with E-state index in [1.54, 1.807) is 0 Å². The number of rotatable bonds is 5. The van der Waals surface area contributed by atoms with Crippen LogP contribution in [0.2, 0.25) is 0 Å². The molecule has 2 fully saturated rings. The average Bonchev–Trinajstić information content (AvgIpc) is 2.91. The molecule has 0 aliphatic carbocycles. The van der Waals surface area contributed by atoms with Crippen molar-refractivity contribution in [3.8, 4) is 0 Å². The van der Waals surface area contributed by atoms with E-state index in [2.05, 4.69) is 39.3 Å². The van der Waals surface area contributed by atoms with Crippen LogP contribution in [0.5, 0.6) is 0 Å². The molecule has 0 bridgehead atoms. The Hall–Kier alpha value is -1.36. The molecule has 116 valence electrons. The van der Waals surface area contributed by atoms with Crippen LogP contribution in [0.15, 0.2) is 6.07 Å². The molecule has 3 rings (SSSR count). The van der Waals surface area contributed by atoms with E-state index in [0.29, 0.717) is 12.1 Å². The molecule has 3 heterocycles. The van der Waals surface area contributed by atoms with Gasteiger partial charge in [0, 0.05) is 37.7 Å². The Morgan fingerprint density at radius 3 is 2.81 bits per heavy atom. The maximum absolute atomic E-state index is 4.65. The summed E-state index contributed by atoms with van der Waals surface area (Å²) >= 11 is 0. The van der Waals surface area contributed by atoms with Crippen LogP contribution >= 0.6 is 0 Å². The Kier molecular flexibility index (Phi) is 4.58. The molecule has 2 atom stereocenters. The lowest BCUT2D eigenvalue weighted by molar-refractivity contribution is 0.192. The normalized spacial score (nSPS) is 25.6. The molecule has 0 saturated carbocycles. The van der Waals surface area contributed by atoms with Gasteiger partial charge in [0.05, 0.1) is 0 Å². The average molecular weight is 289 g/mol. The zero-order valence-electron chi connectivity index (χ0n) is 13.2. The zero-order chi connectivity index (χ0) is 14.7. The lowest BCUT2D eigenvalue weighted by atomic mass is 9.99. The van der Waals surface area contributed by atoms with Gasteiger partial charge in [-0.2, -0.15) is 0 Å². The highest BCUT2D eigenvalue weighted by atomic mass is 15.2. The summed E-state index contributed by atoms with van der Waals surface area (Å²) in [7, 11) is 0. The first-order chi connectivity index (χ1) is 10.3. The number of hydrogen-bond acceptors (Lipinski definition) is 5. The number of nitrogens with zero attached hydrogens (tertiary/aromatic N) is 3. The first-order valence-electron chi connectivity index (χ1n) is 8.42. The third-order valence-corrected chi connectivity index (χ3v) is 4.64. The molecule has 0 aromatic carbocycles. The minimum absolute atomic E-state index is 0.541. The minimum Gasteiger partial charge on any atom is -0.370 e. The van der Waals surface area contributed by atoms with E-state index >= 15 is 0 Å². The predicted octanol–water partition coefficient (Wildman–Crippen LogP) is 2.51. The van der Waals surface area contributed by atoms with Gasteiger partial charge in [-0.05, 0) is 32.7 Å². The van der Waals surface area contributed by atoms with Crippen LogP contribution < -0.4 is 10.6 Å². The van der Waals surface area contributed by atoms with Gasteiger partial charge in [0.15, 0.2) is 0 Å². The Morgan fingerprint density at radius 2 is 2.00 bits per heavy atom. The van der Waals surface area contributed by atoms with Crippen molar-refractivity contribution >= 4 is 11.6 Å². The van der Waals surface area contributed by atoms with Gasteiger partial charge in [-0.1, -0.05) is 13.3 Å². The van der Waals surface area contributed by atoms with Crippen LogP contribution in [0, 0.1) is 0 Å². The number of piperidine rings is 1. The molecule has 5 nitrogen and oxygen atoms in total. The summed E-state index contributed by atoms with van der Waals surface area (Å²) in [5.41, 5.74) is 0. The van der Waals surface area contributed by atoms with Crippen LogP contribution in [-0.2, 0) is 6.42 Å². The van der Waals surface area contributed by atoms with Crippen molar-refractivity contribution in [1.29, 1.82) is 0 Å². The van der Waals surface area contributed by atoms with Gasteiger partial charge in [0.2, 0.25) is 0 Å². The van der Waals surface area contributed by atoms with Crippen molar-refractivity contribution in [2.75, 3.05) is 30.3 Å². The summed E-state index contributed by atoms with van der Waals surface area (Å²) in [5.74, 6) is 2.83. The molecule has 2 saturated heterocycles. The van der Waals surface area contributed by atoms with Gasteiger partial charge in [0.25, 0.3) is 0 Å². The van der Waals surface area contributed by atoms with E-state index in [9.17, 15) is 0 Å². The standard InChI is InChI=1S/C16H27N5/c1-3-14-19-15(17-4-2)11-16(20-14)18-12-8-10-21-9-6-5-7-13(12)21/h11-13H,3-10H2,1-2H3,(H2,17,18,19,20). The molecular weight excluding hydrogens is 262 g/mol. The third-order valence-electron chi connectivity index (χ3n) is 4.64. The molecular formula is C16H27N5. The van der Waals surface area contributed by atoms with Crippen molar-refractivity contribution in [3.63, 3.8) is 0 Å². The number of aromatic nitrogens is 2. The van der Waals surface area contributed by atoms with Crippen molar-refractivity contribution in [3.05, 3.63) is 11.9 Å². The fourth-order valence-corrected chi connectivity index (χ4v) is 3.61. The van der Waals surface area contributed by atoms with Gasteiger partial charge in [-0.15, -0.1) is 0 Å². The topological polar surface area (TPSA) is 53.1 Å². The fraction of sp³-hybridized carbons (Fsp3) is 0.750. The molecule has 2 N–H and O–H groups in total. The number of hydrogen-bond donors (Lipinski definition) is 2. The van der Waals surface area contributed by atoms with Gasteiger partial charge >= 0.3 is 0 Å². The predicted molar refractivity (Wildman–Crippen MR) is 86.8 cm³/mol. The Labute approximate surface area is 127 Å². The first-order valence-corrected chi connectivity index (χ1v) is 8.42. The largest absolute Gasteiger partial charge is 0.370 e. The van der Waals surface area contributed by atoms with E-state index in [1.807, 2.05) is 6.07 Å². The SMILES string of the molecule is CCNc1cc(NC2CCN3CCCCC23)nc(CC)n1. The number of aryl methyl sites for hydroxylation is 1. The van der Waals surface area contributed by atoms with E-state index in [-0.39, 0.29) is 0 Å². The summed E-state index contributed by atoms with van der Waals surface area (Å²) < 4.78 is 0. The Bertz CT molecular complexity index is 476. The van der Waals surface area contributed by atoms with Crippen molar-refractivity contribution in [2.24, 2.45) is 0 Å². The molecule has 1 aromatic heterocycles. The van der Waals surface area contributed by atoms with Crippen LogP contribution in [-0.4, -0.2) is 46.6 Å². The number of fused-ring (bicyclic) bond motifs is 1. The van der Waals surface area contributed by atoms with Crippen LogP contribution in [0.25, 0.3) is 0 Å². The molecule has 2 aliphatic heterocycles. The Balaban J connectivity index is 1.73. The Morgan fingerprint density at radius 1 is 1.14 bits per heavy atom. The van der Waals surface area contributed by atoms with Crippen LogP contribution in [0.3, 0.4) is 0 Å². The lowest BCUT2D eigenvalue weighted by Crippen LogP contribution is -2.41. The highest BCUT2D eigenvalue weighted by Crippen LogP contribution is 2.29. The van der Waals surface area contributed by atoms with Crippen molar-refractivity contribution < 1.29 is 0 Å². The molecule has 2 aliphatic rings. The minimum atomic E-state index is 0.541. The van der Waals surface area contributed by atoms with Gasteiger partial charge in [-0.25, -0.2) is 9.97 Å². The molecule has 5 heteroatoms. The second-order valence-corrected chi connectivity index (χ2v) is 6.08. The molecule has 0 amide bonds. The summed E-state index contributed by atoms with van der Waals surface area (Å²) in [6, 6.07) is 3.29. The number of anilines is 2. The van der Waals surface area contributed by atoms with E-state index < -0.39 is 0 Å². The molecule has 21 heavy (non-hydrogen) atoms. The summed E-state index contributed by atoms with van der Waals surface area (Å²) in [6.07, 6.45) is 6.15. The molecule has 0 radical (unpaired) electrons. The van der Waals surface area contributed by atoms with Crippen LogP contribution in [0.1, 0.15) is 45.4 Å². The van der Waals surface area contributed by atoms with Crippen molar-refractivity contribution in [1.82, 2.24) is 14.9 Å². The maximum Gasteiger partial charge on any atom is 0.132 e. The molecule has 2 unspecified atom stereocenters. The second kappa shape index (κ2) is 6.60. The van der Waals surface area contributed by atoms with Gasteiger partial charge < -0.3 is 10.6 Å². The van der Waals surface area contributed by atoms with Gasteiger partial charge in [0.1, 0.15) is 17.5 Å². The smallest absolute Gasteiger partial charge is 0.132 e. The highest BCUT2D eigenvalue weighted by Gasteiger charge is 2.35. The third kappa shape index (κ3) is 3.28. The summed E-state index contributed by atoms with van der Waals surface area (Å²) in [4.78, 5) is 11.8. The summed E-state index contributed by atoms with van der Waals surface area (Å²) in [6.45, 7) is 7.59. The van der Waals surface area contributed by atoms with Gasteiger partial charge in [-0.3, -0.25) is 4.90 Å². The quantitative estimate of drug-likeness (QED) is 0.872. The van der Waals surface area contributed by atoms with E-state index in [1.165, 1.54) is 38.8 Å². The molecule has 1 aromatic rings. The number of nitrogens with one attached hydrogen (secondary N) is 2. The maximum atomic E-state index is 4.65. The zero-order valence-corrected chi connectivity index (χ0v) is 13.2. The second-order valence-electron chi connectivity index (χ2n) is 6.08. The summed E-state index contributed by atoms with van der Waals surface area (Å²) in [5, 5.41) is 6.98. The fourth-order valence-electron chi connectivity index (χ4n) is 3.61. The molecule has 0 spiro atoms. The first kappa shape index (κ1) is 14.6.